The van der Waals surface area contributed by atoms with E-state index in [1.807, 2.05) is 6.07 Å². The van der Waals surface area contributed by atoms with Gasteiger partial charge in [-0.05, 0) is 63.6 Å². The van der Waals surface area contributed by atoms with Crippen LogP contribution in [0, 0.1) is 11.3 Å². The van der Waals surface area contributed by atoms with Crippen LogP contribution in [0.3, 0.4) is 0 Å². The monoisotopic (exact) mass is 660 g/mol. The molecule has 4 amide bonds. The van der Waals surface area contributed by atoms with Gasteiger partial charge in [-0.25, -0.2) is 5.43 Å². The van der Waals surface area contributed by atoms with E-state index >= 15 is 0 Å². The van der Waals surface area contributed by atoms with Gasteiger partial charge >= 0.3 is 0 Å². The van der Waals surface area contributed by atoms with Crippen molar-refractivity contribution < 1.29 is 24.3 Å². The van der Waals surface area contributed by atoms with Crippen molar-refractivity contribution in [2.45, 2.75) is 78.4 Å². The molecule has 1 aliphatic rings. The fourth-order valence-corrected chi connectivity index (χ4v) is 4.81. The number of aromatic nitrogens is 1. The standard InChI is InChI=1S/C20H35N5O5.C11H10BrN/c1-6-20(5,9-11-26)19(30)23-15(12(2)3)17(28)22-13(4)18(29)25-10-7-8-14(24-25)16(21)27;1-2-10-6-4-8-3-5-9(12)7-11(8)13-10/h6,12-15,24,26H,1,7-11H2,2-5H3,(H2,21,27)(H,22,28)(H,23,30);3-7H,2H2,1H3. The molecule has 0 radical (unpaired) electrons. The number of nitrogens with one attached hydrogen (secondary N) is 3. The van der Waals surface area contributed by atoms with Crippen LogP contribution in [0.5, 0.6) is 0 Å². The molecule has 4 unspecified atom stereocenters. The number of fused-ring (bicyclic) bond motifs is 1. The zero-order chi connectivity index (χ0) is 32.3. The Labute approximate surface area is 262 Å². The number of aryl methyl sites for hydroxylation is 1. The SMILES string of the molecule is C=CC(C)(CCO)C(=O)NC(C(=O)NC(C)C(=O)N1CCCC(C(N)=O)N1)C(C)C.CCc1ccc2ccc(Br)cc2n1. The van der Waals surface area contributed by atoms with Crippen LogP contribution in [0.15, 0.2) is 47.5 Å². The number of primary amides is 1. The maximum Gasteiger partial charge on any atom is 0.258 e. The molecule has 3 rings (SSSR count). The topological polar surface area (TPSA) is 167 Å². The number of hydrogen-bond donors (Lipinski definition) is 5. The van der Waals surface area contributed by atoms with Gasteiger partial charge in [0.15, 0.2) is 0 Å². The lowest BCUT2D eigenvalue weighted by Crippen LogP contribution is -2.61. The van der Waals surface area contributed by atoms with Gasteiger partial charge in [-0.2, -0.15) is 0 Å². The molecule has 2 aromatic rings. The minimum atomic E-state index is -1.02. The first-order valence-corrected chi connectivity index (χ1v) is 15.3. The number of amides is 4. The van der Waals surface area contributed by atoms with Gasteiger partial charge in [0, 0.05) is 28.7 Å². The van der Waals surface area contributed by atoms with Crippen molar-refractivity contribution in [2.75, 3.05) is 13.2 Å². The molecule has 1 aromatic carbocycles. The summed E-state index contributed by atoms with van der Waals surface area (Å²) in [5.74, 6) is -2.12. The third-order valence-corrected chi connectivity index (χ3v) is 7.93. The summed E-state index contributed by atoms with van der Waals surface area (Å²) in [4.78, 5) is 54.0. The van der Waals surface area contributed by atoms with Gasteiger partial charge in [0.25, 0.3) is 5.91 Å². The Morgan fingerprint density at radius 2 is 1.91 bits per heavy atom. The summed E-state index contributed by atoms with van der Waals surface area (Å²) < 4.78 is 1.08. The predicted molar refractivity (Wildman–Crippen MR) is 170 cm³/mol. The predicted octanol–water partition coefficient (Wildman–Crippen LogP) is 2.75. The molecule has 1 aliphatic heterocycles. The highest BCUT2D eigenvalue weighted by Gasteiger charge is 2.35. The lowest BCUT2D eigenvalue weighted by molar-refractivity contribution is -0.143. The summed E-state index contributed by atoms with van der Waals surface area (Å²) in [6.45, 7) is 12.7. The molecule has 4 atom stereocenters. The number of nitrogens with two attached hydrogens (primary N) is 1. The summed E-state index contributed by atoms with van der Waals surface area (Å²) in [5.41, 5.74) is 9.27. The van der Waals surface area contributed by atoms with Crippen LogP contribution in [0.2, 0.25) is 0 Å². The molecule has 6 N–H and O–H groups in total. The third-order valence-electron chi connectivity index (χ3n) is 7.44. The zero-order valence-electron chi connectivity index (χ0n) is 25.7. The quantitative estimate of drug-likeness (QED) is 0.231. The van der Waals surface area contributed by atoms with E-state index in [0.717, 1.165) is 22.1 Å². The van der Waals surface area contributed by atoms with Crippen LogP contribution in [-0.4, -0.2) is 70.0 Å². The maximum atomic E-state index is 12.8. The van der Waals surface area contributed by atoms with Crippen LogP contribution in [-0.2, 0) is 25.6 Å². The molecular formula is C31H45BrN6O5. The molecule has 11 nitrogen and oxygen atoms in total. The van der Waals surface area contributed by atoms with Crippen LogP contribution in [0.4, 0.5) is 0 Å². The van der Waals surface area contributed by atoms with E-state index in [9.17, 15) is 24.3 Å². The summed E-state index contributed by atoms with van der Waals surface area (Å²) in [7, 11) is 0. The van der Waals surface area contributed by atoms with E-state index in [1.54, 1.807) is 20.8 Å². The van der Waals surface area contributed by atoms with Crippen LogP contribution in [0.1, 0.15) is 59.6 Å². The van der Waals surface area contributed by atoms with Gasteiger partial charge in [-0.15, -0.1) is 6.58 Å². The number of hydrazine groups is 1. The number of carbonyl (C=O) groups is 4. The summed E-state index contributed by atoms with van der Waals surface area (Å²) >= 11 is 3.44. The molecule has 0 bridgehead atoms. The van der Waals surface area contributed by atoms with Crippen molar-refractivity contribution >= 4 is 50.5 Å². The minimum Gasteiger partial charge on any atom is -0.396 e. The molecule has 236 valence electrons. The second-order valence-electron chi connectivity index (χ2n) is 11.2. The summed E-state index contributed by atoms with van der Waals surface area (Å²) in [5, 5.41) is 17.0. The van der Waals surface area contributed by atoms with Gasteiger partial charge in [0.05, 0.1) is 10.9 Å². The first-order valence-electron chi connectivity index (χ1n) is 14.5. The Morgan fingerprint density at radius 3 is 2.49 bits per heavy atom. The molecule has 2 heterocycles. The van der Waals surface area contributed by atoms with E-state index in [2.05, 4.69) is 74.7 Å². The second-order valence-corrected chi connectivity index (χ2v) is 12.1. The number of aliphatic hydroxyl groups is 1. The van der Waals surface area contributed by atoms with Crippen LogP contribution >= 0.6 is 15.9 Å². The van der Waals surface area contributed by atoms with E-state index in [0.29, 0.717) is 19.4 Å². The van der Waals surface area contributed by atoms with Crippen molar-refractivity contribution in [3.8, 4) is 0 Å². The number of benzene rings is 1. The van der Waals surface area contributed by atoms with E-state index in [4.69, 9.17) is 5.73 Å². The van der Waals surface area contributed by atoms with E-state index in [1.165, 1.54) is 23.4 Å². The highest BCUT2D eigenvalue weighted by Crippen LogP contribution is 2.23. The summed E-state index contributed by atoms with van der Waals surface area (Å²) in [6, 6.07) is 7.98. The van der Waals surface area contributed by atoms with Crippen molar-refractivity contribution in [2.24, 2.45) is 17.1 Å². The second kappa shape index (κ2) is 16.5. The van der Waals surface area contributed by atoms with Gasteiger partial charge in [-0.1, -0.05) is 54.9 Å². The Balaban J connectivity index is 0.000000407. The zero-order valence-corrected chi connectivity index (χ0v) is 27.2. The lowest BCUT2D eigenvalue weighted by atomic mass is 9.85. The number of halogens is 1. The first kappa shape index (κ1) is 35.8. The van der Waals surface area contributed by atoms with Crippen LogP contribution < -0.4 is 21.8 Å². The Bertz CT molecular complexity index is 1300. The largest absolute Gasteiger partial charge is 0.396 e. The Kier molecular flexibility index (Phi) is 13.7. The van der Waals surface area contributed by atoms with E-state index in [-0.39, 0.29) is 18.9 Å². The van der Waals surface area contributed by atoms with E-state index < -0.39 is 47.2 Å². The Morgan fingerprint density at radius 1 is 1.23 bits per heavy atom. The smallest absolute Gasteiger partial charge is 0.258 e. The lowest BCUT2D eigenvalue weighted by Gasteiger charge is -2.34. The van der Waals surface area contributed by atoms with Gasteiger partial charge in [0.2, 0.25) is 17.7 Å². The average Bonchev–Trinajstić information content (AvgIpc) is 2.98. The molecule has 1 saturated heterocycles. The Hall–Kier alpha value is -3.35. The van der Waals surface area contributed by atoms with Crippen molar-refractivity contribution in [3.63, 3.8) is 0 Å². The molecule has 0 spiro atoms. The number of nitrogens with zero attached hydrogens (tertiary/aromatic N) is 2. The summed E-state index contributed by atoms with van der Waals surface area (Å²) in [6.07, 6.45) is 3.75. The molecule has 1 aromatic heterocycles. The van der Waals surface area contributed by atoms with Gasteiger partial charge < -0.3 is 21.5 Å². The molecule has 43 heavy (non-hydrogen) atoms. The molecule has 0 saturated carbocycles. The van der Waals surface area contributed by atoms with Gasteiger partial charge in [0.1, 0.15) is 18.1 Å². The van der Waals surface area contributed by atoms with Crippen molar-refractivity contribution in [1.82, 2.24) is 26.1 Å². The number of aliphatic hydroxyl groups excluding tert-OH is 1. The first-order chi connectivity index (χ1) is 20.3. The number of carbonyl (C=O) groups excluding carboxylic acids is 4. The normalized spacial score (nSPS) is 17.6. The van der Waals surface area contributed by atoms with Crippen molar-refractivity contribution in [1.29, 1.82) is 0 Å². The maximum absolute atomic E-state index is 12.8. The highest BCUT2D eigenvalue weighted by molar-refractivity contribution is 9.10. The number of hydrogen-bond acceptors (Lipinski definition) is 7. The number of pyridine rings is 1. The fourth-order valence-electron chi connectivity index (χ4n) is 4.46. The number of rotatable bonds is 11. The van der Waals surface area contributed by atoms with Gasteiger partial charge in [-0.3, -0.25) is 29.2 Å². The highest BCUT2D eigenvalue weighted by atomic mass is 79.9. The third kappa shape index (κ3) is 10.1. The minimum absolute atomic E-state index is 0.172. The fraction of sp³-hybridized carbons (Fsp3) is 0.516. The molecule has 12 heteroatoms. The van der Waals surface area contributed by atoms with Crippen LogP contribution in [0.25, 0.3) is 10.9 Å². The molecule has 0 aliphatic carbocycles. The van der Waals surface area contributed by atoms with Crippen molar-refractivity contribution in [3.05, 3.63) is 53.2 Å². The molecule has 1 fully saturated rings. The molecular weight excluding hydrogens is 616 g/mol. The average molecular weight is 662 g/mol.